The van der Waals surface area contributed by atoms with E-state index in [1.807, 2.05) is 41.5 Å². The molecule has 0 aliphatic carbocycles. The first kappa shape index (κ1) is 35.6. The molecule has 0 saturated carbocycles. The molecule has 0 N–H and O–H groups in total. The lowest BCUT2D eigenvalue weighted by Crippen LogP contribution is -2.72. The van der Waals surface area contributed by atoms with Gasteiger partial charge in [-0.2, -0.15) is 22.0 Å². The minimum Gasteiger partial charge on any atom is -0.389 e. The van der Waals surface area contributed by atoms with Crippen LogP contribution in [0.4, 0.5) is 22.0 Å². The molecule has 36 heavy (non-hydrogen) atoms. The normalized spacial score (nSPS) is 13.3. The van der Waals surface area contributed by atoms with Crippen LogP contribution in [0.5, 0.6) is 0 Å². The van der Waals surface area contributed by atoms with Crippen molar-refractivity contribution in [3.05, 3.63) is 0 Å². The third-order valence-electron chi connectivity index (χ3n) is 7.75. The van der Waals surface area contributed by atoms with Gasteiger partial charge in [-0.15, -0.1) is 0 Å². The number of carbonyl (C=O) groups excluding carboxylic acids is 1. The lowest BCUT2D eigenvalue weighted by Gasteiger charge is -2.55. The van der Waals surface area contributed by atoms with Crippen LogP contribution in [-0.2, 0) is 4.79 Å². The van der Waals surface area contributed by atoms with E-state index in [-0.39, 0.29) is 0 Å². The van der Waals surface area contributed by atoms with Crippen molar-refractivity contribution >= 4 is 22.4 Å². The van der Waals surface area contributed by atoms with Gasteiger partial charge in [0.15, 0.2) is 16.5 Å². The van der Waals surface area contributed by atoms with E-state index in [2.05, 4.69) is 0 Å². The van der Waals surface area contributed by atoms with Crippen molar-refractivity contribution in [1.82, 2.24) is 4.23 Å². The molecule has 0 rings (SSSR count). The standard InChI is InChI=1S/C27H54F5NOSi2/c1-7-13-19-35(20-14-8-2,21-15-9-3)33(25(34)26(28,29)27(30,31)32)36(22-16-10-4,23-17-11-5)24-18-12-6/h7-24H2,1-6H3. The molecular formula is C27H54F5NOSi2. The summed E-state index contributed by atoms with van der Waals surface area (Å²) in [4.78, 5) is 13.8. The SMILES string of the molecule is CCCC[Si](CCCC)(CCCC)N(C(=O)C(F)(F)C(F)(F)F)[Si](CCCC)(CCCC)CCCC. The molecule has 0 atom stereocenters. The molecule has 0 fully saturated rings. The Morgan fingerprint density at radius 3 is 0.917 bits per heavy atom. The first-order valence-electron chi connectivity index (χ1n) is 14.7. The van der Waals surface area contributed by atoms with E-state index in [1.54, 1.807) is 0 Å². The number of rotatable bonds is 21. The van der Waals surface area contributed by atoms with Crippen LogP contribution in [0.3, 0.4) is 0 Å². The molecule has 0 aliphatic heterocycles. The smallest absolute Gasteiger partial charge is 0.389 e. The highest BCUT2D eigenvalue weighted by Crippen LogP contribution is 2.46. The Bertz CT molecular complexity index is 526. The summed E-state index contributed by atoms with van der Waals surface area (Å²) in [6.07, 6.45) is 3.87. The lowest BCUT2D eigenvalue weighted by molar-refractivity contribution is -0.271. The van der Waals surface area contributed by atoms with E-state index >= 15 is 8.78 Å². The Kier molecular flexibility index (Phi) is 17.0. The highest BCUT2D eigenvalue weighted by atomic mass is 28.4. The summed E-state index contributed by atoms with van der Waals surface area (Å²) in [6, 6.07) is 3.85. The van der Waals surface area contributed by atoms with Crippen molar-refractivity contribution in [2.24, 2.45) is 0 Å². The number of hydrogen-bond donors (Lipinski definition) is 0. The second-order valence-electron chi connectivity index (χ2n) is 10.8. The van der Waals surface area contributed by atoms with Gasteiger partial charge in [-0.3, -0.25) is 4.79 Å². The van der Waals surface area contributed by atoms with Crippen molar-refractivity contribution in [2.75, 3.05) is 0 Å². The van der Waals surface area contributed by atoms with Gasteiger partial charge in [0.25, 0.3) is 5.91 Å². The first-order chi connectivity index (χ1) is 16.9. The molecule has 0 aromatic heterocycles. The van der Waals surface area contributed by atoms with Gasteiger partial charge in [-0.1, -0.05) is 119 Å². The van der Waals surface area contributed by atoms with Crippen LogP contribution >= 0.6 is 0 Å². The number of unbranched alkanes of at least 4 members (excludes halogenated alkanes) is 6. The monoisotopic (exact) mass is 559 g/mol. The van der Waals surface area contributed by atoms with E-state index in [0.717, 1.165) is 77.0 Å². The molecule has 2 nitrogen and oxygen atoms in total. The minimum absolute atomic E-state index is 0.641. The molecule has 0 spiro atoms. The zero-order chi connectivity index (χ0) is 27.9. The highest BCUT2D eigenvalue weighted by molar-refractivity contribution is 6.95. The molecule has 0 radical (unpaired) electrons. The third kappa shape index (κ3) is 9.70. The Labute approximate surface area is 220 Å². The molecule has 0 aliphatic rings. The lowest BCUT2D eigenvalue weighted by atomic mass is 10.3. The van der Waals surface area contributed by atoms with E-state index in [9.17, 15) is 18.0 Å². The van der Waals surface area contributed by atoms with E-state index in [0.29, 0.717) is 36.3 Å². The Morgan fingerprint density at radius 2 is 0.750 bits per heavy atom. The summed E-state index contributed by atoms with van der Waals surface area (Å²) >= 11 is 0. The molecule has 1 amide bonds. The molecule has 0 heterocycles. The molecule has 0 saturated heterocycles. The van der Waals surface area contributed by atoms with Gasteiger partial charge < -0.3 is 4.23 Å². The van der Waals surface area contributed by atoms with Gasteiger partial charge in [0.1, 0.15) is 0 Å². The summed E-state index contributed by atoms with van der Waals surface area (Å²) < 4.78 is 73.0. The van der Waals surface area contributed by atoms with Gasteiger partial charge in [-0.25, -0.2) is 0 Å². The summed E-state index contributed by atoms with van der Waals surface area (Å²) in [5.41, 5.74) is 0. The maximum absolute atomic E-state index is 15.1. The minimum atomic E-state index is -5.87. The van der Waals surface area contributed by atoms with Crippen molar-refractivity contribution < 1.29 is 26.7 Å². The number of carbonyl (C=O) groups is 1. The predicted octanol–water partition coefficient (Wildman–Crippen LogP) is 10.7. The fourth-order valence-electron chi connectivity index (χ4n) is 5.65. The fraction of sp³-hybridized carbons (Fsp3) is 0.963. The number of hydrogen-bond acceptors (Lipinski definition) is 1. The van der Waals surface area contributed by atoms with Crippen LogP contribution in [0.25, 0.3) is 0 Å². The maximum Gasteiger partial charge on any atom is 0.463 e. The number of halogens is 5. The second-order valence-corrected chi connectivity index (χ2v) is 20.0. The van der Waals surface area contributed by atoms with Gasteiger partial charge >= 0.3 is 12.1 Å². The average Bonchev–Trinajstić information content (AvgIpc) is 2.84. The largest absolute Gasteiger partial charge is 0.463 e. The predicted molar refractivity (Wildman–Crippen MR) is 148 cm³/mol. The third-order valence-corrected chi connectivity index (χ3v) is 20.6. The first-order valence-corrected chi connectivity index (χ1v) is 19.8. The average molecular weight is 560 g/mol. The number of amides is 1. The molecule has 216 valence electrons. The van der Waals surface area contributed by atoms with Crippen LogP contribution < -0.4 is 0 Å². The van der Waals surface area contributed by atoms with Crippen molar-refractivity contribution in [2.45, 2.75) is 167 Å². The Balaban J connectivity index is 7.40. The topological polar surface area (TPSA) is 20.3 Å². The molecule has 0 aromatic carbocycles. The highest BCUT2D eigenvalue weighted by Gasteiger charge is 2.68. The molecule has 0 bridgehead atoms. The maximum atomic E-state index is 15.1. The second kappa shape index (κ2) is 17.2. The Morgan fingerprint density at radius 1 is 0.528 bits per heavy atom. The van der Waals surface area contributed by atoms with E-state index in [4.69, 9.17) is 0 Å². The van der Waals surface area contributed by atoms with Gasteiger partial charge in [-0.05, 0) is 36.3 Å². The van der Waals surface area contributed by atoms with Gasteiger partial charge in [0.2, 0.25) is 0 Å². The van der Waals surface area contributed by atoms with E-state index in [1.165, 1.54) is 4.23 Å². The van der Waals surface area contributed by atoms with Gasteiger partial charge in [0, 0.05) is 0 Å². The molecule has 0 aromatic rings. The molecule has 0 unspecified atom stereocenters. The zero-order valence-corrected chi connectivity index (χ0v) is 26.0. The van der Waals surface area contributed by atoms with Crippen LogP contribution in [0.15, 0.2) is 0 Å². The van der Waals surface area contributed by atoms with Crippen LogP contribution in [0.2, 0.25) is 36.3 Å². The summed E-state index contributed by atoms with van der Waals surface area (Å²) in [6.45, 7) is 12.2. The number of alkyl halides is 5. The fourth-order valence-corrected chi connectivity index (χ4v) is 21.7. The molecule has 9 heteroatoms. The van der Waals surface area contributed by atoms with Crippen LogP contribution in [-0.4, -0.2) is 38.7 Å². The van der Waals surface area contributed by atoms with Crippen molar-refractivity contribution in [3.8, 4) is 0 Å². The summed E-state index contributed by atoms with van der Waals surface area (Å²) in [5.74, 6) is -7.22. The summed E-state index contributed by atoms with van der Waals surface area (Å²) in [7, 11) is -5.92. The summed E-state index contributed by atoms with van der Waals surface area (Å²) in [5, 5.41) is 0. The van der Waals surface area contributed by atoms with Crippen LogP contribution in [0.1, 0.15) is 119 Å². The van der Waals surface area contributed by atoms with Crippen molar-refractivity contribution in [3.63, 3.8) is 0 Å². The van der Waals surface area contributed by atoms with Crippen molar-refractivity contribution in [1.29, 1.82) is 0 Å². The van der Waals surface area contributed by atoms with Gasteiger partial charge in [0.05, 0.1) is 0 Å². The zero-order valence-electron chi connectivity index (χ0n) is 24.0. The van der Waals surface area contributed by atoms with E-state index < -0.39 is 34.5 Å². The van der Waals surface area contributed by atoms with Crippen LogP contribution in [0, 0.1) is 0 Å². The molecular weight excluding hydrogens is 505 g/mol. The number of nitrogens with zero attached hydrogens (tertiary/aromatic N) is 1. The Hall–Kier alpha value is -0.446. The quantitative estimate of drug-likeness (QED) is 0.101.